The Bertz CT molecular complexity index is 573. The predicted octanol–water partition coefficient (Wildman–Crippen LogP) is 5.09. The van der Waals surface area contributed by atoms with E-state index in [4.69, 9.17) is 11.6 Å². The van der Waals surface area contributed by atoms with Gasteiger partial charge in [0.15, 0.2) is 0 Å². The zero-order chi connectivity index (χ0) is 16.6. The van der Waals surface area contributed by atoms with E-state index < -0.39 is 22.6 Å². The van der Waals surface area contributed by atoms with E-state index in [2.05, 4.69) is 10.2 Å². The molecule has 0 radical (unpaired) electrons. The molecule has 9 heteroatoms. The summed E-state index contributed by atoms with van der Waals surface area (Å²) in [4.78, 5) is 2.07. The van der Waals surface area contributed by atoms with Crippen LogP contribution in [0.15, 0.2) is 12.1 Å². The van der Waals surface area contributed by atoms with Gasteiger partial charge in [-0.2, -0.15) is 13.2 Å². The molecule has 1 atom stereocenters. The van der Waals surface area contributed by atoms with Gasteiger partial charge in [-0.05, 0) is 24.5 Å². The fourth-order valence-electron chi connectivity index (χ4n) is 3.15. The zero-order valence-corrected chi connectivity index (χ0v) is 15.8. The summed E-state index contributed by atoms with van der Waals surface area (Å²) in [5, 5.41) is 2.76. The van der Waals surface area contributed by atoms with Crippen LogP contribution in [0.2, 0.25) is 5.02 Å². The number of piperazine rings is 1. The molecule has 0 aromatic heterocycles. The minimum Gasteiger partial charge on any atom is -0.314 e. The van der Waals surface area contributed by atoms with Crippen molar-refractivity contribution >= 4 is 36.4 Å². The Hall–Kier alpha value is -0.270. The molecule has 1 aliphatic carbocycles. The Morgan fingerprint density at radius 2 is 1.76 bits per heavy atom. The standard InChI is InChI=1S/C16H19ClF4N2.2ClH/c17-13-9-11(16(19,20)21)8-12(15(13)18)14(7-10-1-2-10)23-5-3-22-4-6-23;;/h8-10,14,22H,1-7H2;2*1H/t14-;;/m1../s1. The average molecular weight is 424 g/mol. The number of benzene rings is 1. The van der Waals surface area contributed by atoms with Gasteiger partial charge in [0.25, 0.3) is 0 Å². The molecule has 0 spiro atoms. The van der Waals surface area contributed by atoms with Crippen LogP contribution in [0.4, 0.5) is 17.6 Å². The lowest BCUT2D eigenvalue weighted by Gasteiger charge is -2.36. The van der Waals surface area contributed by atoms with Gasteiger partial charge in [0.2, 0.25) is 0 Å². The molecule has 1 aromatic carbocycles. The van der Waals surface area contributed by atoms with Crippen LogP contribution in [0.3, 0.4) is 0 Å². The summed E-state index contributed by atoms with van der Waals surface area (Å²) in [5.41, 5.74) is -0.798. The van der Waals surface area contributed by atoms with Gasteiger partial charge < -0.3 is 5.32 Å². The van der Waals surface area contributed by atoms with Crippen LogP contribution in [-0.2, 0) is 6.18 Å². The van der Waals surface area contributed by atoms with E-state index in [9.17, 15) is 17.6 Å². The molecule has 25 heavy (non-hydrogen) atoms. The van der Waals surface area contributed by atoms with Gasteiger partial charge in [-0.3, -0.25) is 4.90 Å². The van der Waals surface area contributed by atoms with Crippen LogP contribution in [0.25, 0.3) is 0 Å². The molecular weight excluding hydrogens is 403 g/mol. The monoisotopic (exact) mass is 422 g/mol. The van der Waals surface area contributed by atoms with Gasteiger partial charge in [0.05, 0.1) is 10.6 Å². The molecule has 3 rings (SSSR count). The maximum Gasteiger partial charge on any atom is 0.416 e. The third kappa shape index (κ3) is 5.60. The fourth-order valence-corrected chi connectivity index (χ4v) is 3.38. The van der Waals surface area contributed by atoms with Crippen molar-refractivity contribution in [2.45, 2.75) is 31.5 Å². The molecule has 0 amide bonds. The number of nitrogens with zero attached hydrogens (tertiary/aromatic N) is 1. The highest BCUT2D eigenvalue weighted by molar-refractivity contribution is 6.30. The molecular formula is C16H21Cl3F4N2. The second-order valence-corrected chi connectivity index (χ2v) is 6.75. The lowest BCUT2D eigenvalue weighted by Crippen LogP contribution is -2.45. The number of hydrogen-bond acceptors (Lipinski definition) is 2. The smallest absolute Gasteiger partial charge is 0.314 e. The van der Waals surface area contributed by atoms with E-state index in [1.165, 1.54) is 0 Å². The number of halogens is 7. The molecule has 2 nitrogen and oxygen atoms in total. The Labute approximate surface area is 162 Å². The molecule has 2 fully saturated rings. The molecule has 1 saturated carbocycles. The van der Waals surface area contributed by atoms with E-state index in [1.54, 1.807) is 0 Å². The third-order valence-electron chi connectivity index (χ3n) is 4.59. The SMILES string of the molecule is Cl.Cl.Fc1c(Cl)cc(C(F)(F)F)cc1[C@@H](CC1CC1)N1CCNCC1. The summed E-state index contributed by atoms with van der Waals surface area (Å²) in [6, 6.07) is 1.27. The first-order valence-corrected chi connectivity index (χ1v) is 8.25. The molecule has 1 heterocycles. The number of nitrogens with one attached hydrogen (secondary N) is 1. The predicted molar refractivity (Wildman–Crippen MR) is 95.4 cm³/mol. The molecule has 1 aliphatic heterocycles. The van der Waals surface area contributed by atoms with Crippen LogP contribution < -0.4 is 5.32 Å². The summed E-state index contributed by atoms with van der Waals surface area (Å²) in [7, 11) is 0. The molecule has 0 unspecified atom stereocenters. The molecule has 0 bridgehead atoms. The van der Waals surface area contributed by atoms with E-state index in [0.717, 1.165) is 32.0 Å². The molecule has 144 valence electrons. The van der Waals surface area contributed by atoms with E-state index in [1.807, 2.05) is 0 Å². The van der Waals surface area contributed by atoms with Crippen LogP contribution in [0, 0.1) is 11.7 Å². The Morgan fingerprint density at radius 3 is 2.28 bits per heavy atom. The van der Waals surface area contributed by atoms with E-state index in [-0.39, 0.29) is 36.4 Å². The van der Waals surface area contributed by atoms with Crippen LogP contribution in [0.1, 0.15) is 36.4 Å². The number of alkyl halides is 3. The highest BCUT2D eigenvalue weighted by Gasteiger charge is 2.36. The minimum absolute atomic E-state index is 0. The normalized spacial score (nSPS) is 19.7. The van der Waals surface area contributed by atoms with Crippen molar-refractivity contribution in [1.82, 2.24) is 10.2 Å². The fraction of sp³-hybridized carbons (Fsp3) is 0.625. The molecule has 1 N–H and O–H groups in total. The van der Waals surface area contributed by atoms with Gasteiger partial charge in [-0.25, -0.2) is 4.39 Å². The zero-order valence-electron chi connectivity index (χ0n) is 13.4. The van der Waals surface area contributed by atoms with Crippen molar-refractivity contribution in [3.05, 3.63) is 34.1 Å². The van der Waals surface area contributed by atoms with Crippen molar-refractivity contribution in [2.75, 3.05) is 26.2 Å². The van der Waals surface area contributed by atoms with Crippen molar-refractivity contribution in [1.29, 1.82) is 0 Å². The Balaban J connectivity index is 0.00000156. The first-order chi connectivity index (χ1) is 10.9. The largest absolute Gasteiger partial charge is 0.416 e. The topological polar surface area (TPSA) is 15.3 Å². The van der Waals surface area contributed by atoms with Crippen LogP contribution >= 0.6 is 36.4 Å². The number of hydrogen-bond donors (Lipinski definition) is 1. The lowest BCUT2D eigenvalue weighted by atomic mass is 9.96. The van der Waals surface area contributed by atoms with Crippen molar-refractivity contribution < 1.29 is 17.6 Å². The lowest BCUT2D eigenvalue weighted by molar-refractivity contribution is -0.137. The van der Waals surface area contributed by atoms with Gasteiger partial charge in [0.1, 0.15) is 5.82 Å². The highest BCUT2D eigenvalue weighted by atomic mass is 35.5. The first kappa shape index (κ1) is 22.8. The maximum atomic E-state index is 14.5. The van der Waals surface area contributed by atoms with Crippen molar-refractivity contribution in [3.8, 4) is 0 Å². The third-order valence-corrected chi connectivity index (χ3v) is 4.86. The molecule has 2 aliphatic rings. The quantitative estimate of drug-likeness (QED) is 0.679. The summed E-state index contributed by atoms with van der Waals surface area (Å²) >= 11 is 5.75. The summed E-state index contributed by atoms with van der Waals surface area (Å²) < 4.78 is 53.7. The van der Waals surface area contributed by atoms with Crippen molar-refractivity contribution in [2.24, 2.45) is 5.92 Å². The maximum absolute atomic E-state index is 14.5. The van der Waals surface area contributed by atoms with Gasteiger partial charge in [-0.15, -0.1) is 24.8 Å². The van der Waals surface area contributed by atoms with Gasteiger partial charge in [-0.1, -0.05) is 24.4 Å². The highest BCUT2D eigenvalue weighted by Crippen LogP contribution is 2.43. The summed E-state index contributed by atoms with van der Waals surface area (Å²) in [5.74, 6) is -0.244. The van der Waals surface area contributed by atoms with Crippen LogP contribution in [-0.4, -0.2) is 31.1 Å². The van der Waals surface area contributed by atoms with E-state index in [0.29, 0.717) is 31.5 Å². The Morgan fingerprint density at radius 1 is 1.16 bits per heavy atom. The molecule has 1 aromatic rings. The second kappa shape index (κ2) is 9.09. The van der Waals surface area contributed by atoms with E-state index >= 15 is 0 Å². The summed E-state index contributed by atoms with van der Waals surface area (Å²) in [6.45, 7) is 2.92. The van der Waals surface area contributed by atoms with Gasteiger partial charge in [0, 0.05) is 37.8 Å². The van der Waals surface area contributed by atoms with Crippen LogP contribution in [0.5, 0.6) is 0 Å². The first-order valence-electron chi connectivity index (χ1n) is 7.87. The van der Waals surface area contributed by atoms with Crippen molar-refractivity contribution in [3.63, 3.8) is 0 Å². The molecule has 1 saturated heterocycles. The summed E-state index contributed by atoms with van der Waals surface area (Å²) in [6.07, 6.45) is -1.71. The minimum atomic E-state index is -4.53. The average Bonchev–Trinajstić information content (AvgIpc) is 3.32. The number of rotatable bonds is 4. The van der Waals surface area contributed by atoms with Gasteiger partial charge >= 0.3 is 6.18 Å². The Kier molecular flexibility index (Phi) is 8.28. The second-order valence-electron chi connectivity index (χ2n) is 6.34.